The van der Waals surface area contributed by atoms with Gasteiger partial charge < -0.3 is 33.8 Å². The molecule has 39 heteroatoms. The standard InChI is InChI=1S/C21H60O9P30/c1-9-11(48(58(46-26)54(38)39)60(56(42)43)57(44)45)7-21-16(27-17(24)28-21)15-19(4,13(5-12(23)20(15,25)8-22)30-49(51(32)33)52(34)35)6-10(14(9)18(21,2)3)29-50(53(36)37)59(47-31)55(40)41/h10-13,15-16,22-23,25,47H,5-8,31-45H2,1-4H3/t10?,11?,12?,13?,15?,16?,19-,20+,21?,48-,50?,58?,59?/m1/s1. The van der Waals surface area contributed by atoms with Crippen LogP contribution in [0.15, 0.2) is 11.1 Å². The molecule has 3 fully saturated rings. The lowest BCUT2D eigenvalue weighted by Crippen LogP contribution is -2.74. The fourth-order valence-corrected chi connectivity index (χ4v) is 216. The summed E-state index contributed by atoms with van der Waals surface area (Å²) in [6, 6.07) is 0. The first-order valence-corrected chi connectivity index (χ1v) is 69.5. The monoisotopic (exact) mass is 1390 g/mol. The second kappa shape index (κ2) is 27.3. The number of hydrogen-bond donors (Lipinski definition) is 3. The Balaban J connectivity index is 2.24. The van der Waals surface area contributed by atoms with E-state index in [9.17, 15) is 24.7 Å². The molecular formula is C21H60O9P30. The van der Waals surface area contributed by atoms with E-state index in [4.69, 9.17) is 18.5 Å². The molecule has 1 aliphatic heterocycles. The summed E-state index contributed by atoms with van der Waals surface area (Å²) in [4.78, 5) is 14.2. The Bertz CT molecular complexity index is 1530. The van der Waals surface area contributed by atoms with Gasteiger partial charge in [0.25, 0.3) is 0 Å². The number of rotatable bonds is 18. The second-order valence-electron chi connectivity index (χ2n) is 15.0. The summed E-state index contributed by atoms with van der Waals surface area (Å²) in [5.41, 5.74) is -3.04. The van der Waals surface area contributed by atoms with E-state index in [1.807, 2.05) is 0 Å². The molecule has 1 spiro atoms. The molecule has 9 nitrogen and oxygen atoms in total. The smallest absolute Gasteiger partial charge is 0.426 e. The third-order valence-corrected chi connectivity index (χ3v) is 154. The second-order valence-corrected chi connectivity index (χ2v) is 122. The van der Waals surface area contributed by atoms with Crippen molar-refractivity contribution in [3.05, 3.63) is 11.1 Å². The minimum atomic E-state index is -2.07. The van der Waals surface area contributed by atoms with Crippen LogP contribution in [0.4, 0.5) is 4.79 Å². The molecule has 0 amide bonds. The zero-order valence-corrected chi connectivity index (χ0v) is 63.8. The first-order chi connectivity index (χ1) is 27.6. The van der Waals surface area contributed by atoms with Crippen molar-refractivity contribution in [2.45, 2.75) is 88.2 Å². The van der Waals surface area contributed by atoms with Gasteiger partial charge in [0, 0.05) is 42.2 Å². The Labute approximate surface area is 410 Å². The van der Waals surface area contributed by atoms with Crippen molar-refractivity contribution in [2.24, 2.45) is 16.7 Å². The van der Waals surface area contributed by atoms with E-state index in [-0.39, 0.29) is 20.2 Å². The highest BCUT2D eigenvalue weighted by Gasteiger charge is 2.76. The van der Waals surface area contributed by atoms with Gasteiger partial charge in [-0.15, -0.1) is 134 Å². The minimum Gasteiger partial charge on any atom is -0.426 e. The van der Waals surface area contributed by atoms with Gasteiger partial charge in [0.15, 0.2) is 19.9 Å². The van der Waals surface area contributed by atoms with Gasteiger partial charge in [-0.05, 0) is 82.1 Å². The zero-order chi connectivity index (χ0) is 45.8. The van der Waals surface area contributed by atoms with Gasteiger partial charge in [-0.25, -0.2) is 4.79 Å². The van der Waals surface area contributed by atoms with E-state index in [2.05, 4.69) is 162 Å². The van der Waals surface area contributed by atoms with Crippen molar-refractivity contribution in [1.82, 2.24) is 0 Å². The van der Waals surface area contributed by atoms with Crippen LogP contribution in [0.25, 0.3) is 0 Å². The van der Waals surface area contributed by atoms with Crippen molar-refractivity contribution in [2.75, 3.05) is 6.61 Å². The number of hydrogen-bond acceptors (Lipinski definition) is 9. The molecule has 26 unspecified atom stereocenters. The Kier molecular flexibility index (Phi) is 29.1. The molecule has 4 aliphatic rings. The number of carbonyl (C=O) groups excluding carboxylic acids is 1. The first kappa shape index (κ1) is 63.9. The topological polar surface area (TPSA) is 132 Å². The maximum absolute atomic E-state index is 14.2. The third-order valence-electron chi connectivity index (χ3n) is 11.5. The highest BCUT2D eigenvalue weighted by atomic mass is 33.2. The molecule has 2 saturated carbocycles. The van der Waals surface area contributed by atoms with Gasteiger partial charge in [0.2, 0.25) is 0 Å². The summed E-state index contributed by atoms with van der Waals surface area (Å²) in [6.45, 7) is 1.24. The highest BCUT2D eigenvalue weighted by molar-refractivity contribution is 9.20. The highest BCUT2D eigenvalue weighted by Crippen LogP contribution is 3.19. The van der Waals surface area contributed by atoms with Crippen LogP contribution < -0.4 is 0 Å². The quantitative estimate of drug-likeness (QED) is 0.0697. The largest absolute Gasteiger partial charge is 0.509 e. The van der Waals surface area contributed by atoms with Crippen LogP contribution in [0.2, 0.25) is 0 Å². The summed E-state index contributed by atoms with van der Waals surface area (Å²) in [5.74, 6) is -1.00. The summed E-state index contributed by atoms with van der Waals surface area (Å²) < 4.78 is 42.1. The number of aliphatic hydroxyl groups is 3. The molecule has 0 aromatic rings. The van der Waals surface area contributed by atoms with Gasteiger partial charge in [-0.3, -0.25) is 4.57 Å². The maximum Gasteiger partial charge on any atom is 0.509 e. The van der Waals surface area contributed by atoms with Crippen LogP contribution in [0.5, 0.6) is 0 Å². The third kappa shape index (κ3) is 13.6. The normalized spacial score (nSPS) is 35.6. The summed E-state index contributed by atoms with van der Waals surface area (Å²) in [5, 5.41) is 36.6. The van der Waals surface area contributed by atoms with E-state index in [0.717, 1.165) is 5.57 Å². The fraction of sp³-hybridized carbons (Fsp3) is 0.857. The minimum absolute atomic E-state index is 0.0915. The van der Waals surface area contributed by atoms with Gasteiger partial charge in [0.05, 0.1) is 47.0 Å². The molecule has 3 N–H and O–H groups in total. The molecule has 60 heavy (non-hydrogen) atoms. The SMILES string of the molecule is CC1=C2C(OP(P(P)P)P(PP)P(P)P)C[C@]3(C)C(OP(P(P)P)P(P)P)CC(O)[C@@](O)(CO)C3C3OC(=O)OC3(CC1[P@](P(P=O)P(P)P)P(P(P)P)P(P)P)C2(C)C. The molecule has 4 rings (SSSR count). The Morgan fingerprint density at radius 3 is 1.82 bits per heavy atom. The maximum atomic E-state index is 14.2. The summed E-state index contributed by atoms with van der Waals surface area (Å²) in [6.07, 6.45) is -3.43. The van der Waals surface area contributed by atoms with E-state index in [1.54, 1.807) is 0 Å². The Morgan fingerprint density at radius 2 is 1.38 bits per heavy atom. The van der Waals surface area contributed by atoms with Crippen LogP contribution in [-0.2, 0) is 23.1 Å². The van der Waals surface area contributed by atoms with Crippen molar-refractivity contribution in [3.8, 4) is 0 Å². The Hall–Kier alpha value is 11.4. The molecule has 348 valence electrons. The van der Waals surface area contributed by atoms with Gasteiger partial charge >= 0.3 is 6.16 Å². The van der Waals surface area contributed by atoms with Crippen LogP contribution in [0, 0.1) is 16.7 Å². The lowest BCUT2D eigenvalue weighted by atomic mass is 9.46. The lowest BCUT2D eigenvalue weighted by molar-refractivity contribution is -0.267. The molecule has 0 aromatic carbocycles. The summed E-state index contributed by atoms with van der Waals surface area (Å²) in [7, 11) is 43.3. The van der Waals surface area contributed by atoms with Crippen molar-refractivity contribution >= 4 is 248 Å². The first-order valence-electron chi connectivity index (χ1n) is 17.3. The van der Waals surface area contributed by atoms with Crippen molar-refractivity contribution in [1.29, 1.82) is 0 Å². The number of ether oxygens (including phenoxy) is 2. The zero-order valence-electron chi connectivity index (χ0n) is 33.0. The molecule has 1 saturated heterocycles. The van der Waals surface area contributed by atoms with Crippen LogP contribution in [0.3, 0.4) is 0 Å². The van der Waals surface area contributed by atoms with Crippen LogP contribution >= 0.6 is 242 Å². The van der Waals surface area contributed by atoms with Gasteiger partial charge in [-0.2, -0.15) is 0 Å². The average molecular weight is 1390 g/mol. The molecule has 0 radical (unpaired) electrons. The molecular weight excluding hydrogens is 1330 g/mol. The van der Waals surface area contributed by atoms with Crippen LogP contribution in [0.1, 0.15) is 47.0 Å². The summed E-state index contributed by atoms with van der Waals surface area (Å²) >= 11 is 0. The number of carbonyl (C=O) groups is 1. The Morgan fingerprint density at radius 1 is 0.833 bits per heavy atom. The van der Waals surface area contributed by atoms with E-state index < -0.39 is 157 Å². The number of allylic oxidation sites excluding steroid dienone is 1. The molecule has 2 bridgehead atoms. The predicted octanol–water partition coefficient (Wildman–Crippen LogP) is 18.6. The van der Waals surface area contributed by atoms with Gasteiger partial charge in [-0.1, -0.05) is 34.3 Å². The van der Waals surface area contributed by atoms with Gasteiger partial charge in [0.1, 0.15) is 5.60 Å². The average Bonchev–Trinajstić information content (AvgIpc) is 3.44. The van der Waals surface area contributed by atoms with Crippen molar-refractivity contribution in [3.63, 3.8) is 0 Å². The number of aliphatic hydroxyl groups excluding tert-OH is 2. The van der Waals surface area contributed by atoms with Crippen molar-refractivity contribution < 1.29 is 43.2 Å². The van der Waals surface area contributed by atoms with Crippen LogP contribution in [-0.4, -0.2) is 69.4 Å². The van der Waals surface area contributed by atoms with E-state index in [0.29, 0.717) is 20.8 Å². The molecule has 3 aliphatic carbocycles. The lowest BCUT2D eigenvalue weighted by Gasteiger charge is -2.65. The fourth-order valence-electron chi connectivity index (χ4n) is 9.09. The molecule has 0 aromatic heterocycles. The molecule has 1 heterocycles. The van der Waals surface area contributed by atoms with E-state index in [1.165, 1.54) is 5.57 Å². The predicted molar refractivity (Wildman–Crippen MR) is 349 cm³/mol. The molecule has 29 atom stereocenters. The van der Waals surface area contributed by atoms with E-state index >= 15 is 0 Å². The number of fused-ring (bicyclic) bond motifs is 3.